The summed E-state index contributed by atoms with van der Waals surface area (Å²) < 4.78 is 37.7. The van der Waals surface area contributed by atoms with Crippen molar-refractivity contribution in [2.24, 2.45) is 0 Å². The van der Waals surface area contributed by atoms with Crippen LogP contribution >= 0.6 is 0 Å². The minimum absolute atomic E-state index is 0.0134. The Hall–Kier alpha value is -5.39. The topological polar surface area (TPSA) is 128 Å². The van der Waals surface area contributed by atoms with Crippen molar-refractivity contribution < 1.29 is 27.8 Å². The van der Waals surface area contributed by atoms with Crippen molar-refractivity contribution in [2.75, 3.05) is 12.4 Å². The van der Waals surface area contributed by atoms with Crippen LogP contribution in [0, 0.1) is 0 Å². The number of nitrogens with zero attached hydrogens (tertiary/aromatic N) is 3. The molecule has 2 N–H and O–H groups in total. The van der Waals surface area contributed by atoms with Gasteiger partial charge in [-0.2, -0.15) is 8.78 Å². The van der Waals surface area contributed by atoms with E-state index in [1.165, 1.54) is 38.1 Å². The second kappa shape index (κ2) is 14.6. The number of fused-ring (bicyclic) bond motifs is 1. The van der Waals surface area contributed by atoms with Crippen LogP contribution in [-0.4, -0.2) is 44.9 Å². The zero-order valence-electron chi connectivity index (χ0n) is 25.3. The number of amides is 1. The Morgan fingerprint density at radius 2 is 1.74 bits per heavy atom. The Balaban J connectivity index is 1.37. The predicted octanol–water partition coefficient (Wildman–Crippen LogP) is 5.65. The SMILES string of the molecule is COc1ccc(CC(=O)Nc2cc(Cc3nc4c(ncn4C(CCCc4ccccc4)C(C)=O)c(=O)[nH]3)ccc2OC(F)F)cc1. The number of aryl methyl sites for hydroxylation is 1. The van der Waals surface area contributed by atoms with Gasteiger partial charge in [0.1, 0.15) is 17.3 Å². The highest BCUT2D eigenvalue weighted by Gasteiger charge is 2.22. The van der Waals surface area contributed by atoms with Gasteiger partial charge < -0.3 is 24.3 Å². The van der Waals surface area contributed by atoms with Gasteiger partial charge in [-0.15, -0.1) is 0 Å². The average Bonchev–Trinajstić information content (AvgIpc) is 3.45. The van der Waals surface area contributed by atoms with E-state index in [0.717, 1.165) is 12.8 Å². The first-order valence-electron chi connectivity index (χ1n) is 14.7. The fourth-order valence-corrected chi connectivity index (χ4v) is 5.27. The van der Waals surface area contributed by atoms with Gasteiger partial charge in [-0.05, 0) is 67.1 Å². The molecule has 0 saturated carbocycles. The summed E-state index contributed by atoms with van der Waals surface area (Å²) in [4.78, 5) is 50.1. The van der Waals surface area contributed by atoms with Crippen molar-refractivity contribution in [1.82, 2.24) is 19.5 Å². The molecule has 0 aliphatic heterocycles. The first-order valence-corrected chi connectivity index (χ1v) is 14.7. The van der Waals surface area contributed by atoms with Gasteiger partial charge >= 0.3 is 6.61 Å². The van der Waals surface area contributed by atoms with Gasteiger partial charge in [0.25, 0.3) is 5.56 Å². The quantitative estimate of drug-likeness (QED) is 0.162. The molecule has 0 aliphatic carbocycles. The van der Waals surface area contributed by atoms with E-state index in [4.69, 9.17) is 4.74 Å². The van der Waals surface area contributed by atoms with Crippen LogP contribution in [0.15, 0.2) is 83.9 Å². The van der Waals surface area contributed by atoms with Crippen LogP contribution in [0.2, 0.25) is 0 Å². The summed E-state index contributed by atoms with van der Waals surface area (Å²) in [6.45, 7) is -1.61. The van der Waals surface area contributed by atoms with Crippen molar-refractivity contribution in [3.05, 3.63) is 112 Å². The van der Waals surface area contributed by atoms with Gasteiger partial charge in [-0.3, -0.25) is 14.4 Å². The number of nitrogens with one attached hydrogen (secondary N) is 2. The van der Waals surface area contributed by atoms with Crippen LogP contribution in [0.3, 0.4) is 0 Å². The number of ether oxygens (including phenoxy) is 2. The summed E-state index contributed by atoms with van der Waals surface area (Å²) >= 11 is 0. The number of hydrogen-bond donors (Lipinski definition) is 2. The molecule has 10 nitrogen and oxygen atoms in total. The van der Waals surface area contributed by atoms with E-state index in [0.29, 0.717) is 23.3 Å². The molecule has 0 radical (unpaired) electrons. The van der Waals surface area contributed by atoms with Crippen LogP contribution in [-0.2, 0) is 28.9 Å². The fraction of sp³-hybridized carbons (Fsp3) is 0.265. The zero-order chi connectivity index (χ0) is 32.6. The van der Waals surface area contributed by atoms with E-state index in [9.17, 15) is 23.2 Å². The minimum atomic E-state index is -3.11. The fourth-order valence-electron chi connectivity index (χ4n) is 5.27. The number of carbonyl (C=O) groups is 2. The van der Waals surface area contributed by atoms with Gasteiger partial charge in [0.05, 0.1) is 31.6 Å². The monoisotopic (exact) mass is 629 g/mol. The van der Waals surface area contributed by atoms with Crippen molar-refractivity contribution in [1.29, 1.82) is 0 Å². The minimum Gasteiger partial charge on any atom is -0.497 e. The van der Waals surface area contributed by atoms with E-state index in [-0.39, 0.29) is 47.1 Å². The molecule has 2 heterocycles. The molecule has 1 unspecified atom stereocenters. The van der Waals surface area contributed by atoms with Crippen LogP contribution in [0.1, 0.15) is 48.3 Å². The molecule has 5 rings (SSSR count). The van der Waals surface area contributed by atoms with Crippen molar-refractivity contribution in [3.63, 3.8) is 0 Å². The van der Waals surface area contributed by atoms with E-state index < -0.39 is 24.1 Å². The van der Waals surface area contributed by atoms with Crippen LogP contribution in [0.4, 0.5) is 14.5 Å². The standard InChI is InChI=1S/C34H33F2N5O5/c1-21(42)27(10-6-9-22-7-4-3-5-8-22)41-20-37-31-32(41)39-29(40-33(31)44)18-24-13-16-28(46-34(35)36)26(17-24)38-30(43)19-23-11-14-25(45-2)15-12-23/h3-5,7-8,11-17,20,27,34H,6,9-10,18-19H2,1-2H3,(H,38,43)(H,39,40,44). The van der Waals surface area contributed by atoms with Crippen LogP contribution in [0.25, 0.3) is 11.2 Å². The zero-order valence-corrected chi connectivity index (χ0v) is 25.3. The Bertz CT molecular complexity index is 1870. The second-order valence-electron chi connectivity index (χ2n) is 10.8. The Labute approximate surface area is 263 Å². The number of ketones is 1. The predicted molar refractivity (Wildman–Crippen MR) is 168 cm³/mol. The molecule has 2 aromatic heterocycles. The summed E-state index contributed by atoms with van der Waals surface area (Å²) in [5, 5.41) is 2.65. The number of alkyl halides is 2. The second-order valence-corrected chi connectivity index (χ2v) is 10.8. The summed E-state index contributed by atoms with van der Waals surface area (Å²) in [5.74, 6) is 0.166. The molecule has 1 amide bonds. The molecule has 0 spiro atoms. The summed E-state index contributed by atoms with van der Waals surface area (Å²) in [7, 11) is 1.54. The Kier molecular flexibility index (Phi) is 10.2. The average molecular weight is 630 g/mol. The first-order chi connectivity index (χ1) is 22.2. The summed E-state index contributed by atoms with van der Waals surface area (Å²) in [6, 6.07) is 20.7. The molecule has 0 saturated heterocycles. The van der Waals surface area contributed by atoms with Crippen LogP contribution in [0.5, 0.6) is 11.5 Å². The molecule has 12 heteroatoms. The van der Waals surface area contributed by atoms with Crippen molar-refractivity contribution >= 4 is 28.5 Å². The highest BCUT2D eigenvalue weighted by atomic mass is 19.3. The summed E-state index contributed by atoms with van der Waals surface area (Å²) in [5.41, 5.74) is 2.35. The number of halogens is 2. The molecule has 46 heavy (non-hydrogen) atoms. The third kappa shape index (κ3) is 8.00. The maximum absolute atomic E-state index is 13.2. The van der Waals surface area contributed by atoms with Gasteiger partial charge in [-0.1, -0.05) is 48.5 Å². The third-order valence-electron chi connectivity index (χ3n) is 7.50. The number of imidazole rings is 1. The normalized spacial score (nSPS) is 11.8. The smallest absolute Gasteiger partial charge is 0.387 e. The van der Waals surface area contributed by atoms with E-state index in [1.807, 2.05) is 30.3 Å². The lowest BCUT2D eigenvalue weighted by Gasteiger charge is -2.16. The lowest BCUT2D eigenvalue weighted by molar-refractivity contribution is -0.120. The van der Waals surface area contributed by atoms with E-state index in [1.54, 1.807) is 34.9 Å². The molecule has 3 aromatic carbocycles. The molecular weight excluding hydrogens is 596 g/mol. The van der Waals surface area contributed by atoms with Crippen LogP contribution < -0.4 is 20.3 Å². The number of Topliss-reactive ketones (excluding diaryl/α,β-unsaturated/α-hetero) is 1. The number of benzene rings is 3. The number of anilines is 1. The maximum atomic E-state index is 13.2. The Morgan fingerprint density at radius 3 is 2.43 bits per heavy atom. The van der Waals surface area contributed by atoms with E-state index >= 15 is 0 Å². The molecule has 5 aromatic rings. The molecule has 1 atom stereocenters. The maximum Gasteiger partial charge on any atom is 0.387 e. The number of rotatable bonds is 14. The number of methoxy groups -OCH3 is 1. The highest BCUT2D eigenvalue weighted by molar-refractivity contribution is 5.93. The number of aromatic amines is 1. The number of carbonyl (C=O) groups excluding carboxylic acids is 2. The summed E-state index contributed by atoms with van der Waals surface area (Å²) in [6.07, 6.45) is 3.60. The third-order valence-corrected chi connectivity index (χ3v) is 7.50. The molecule has 238 valence electrons. The Morgan fingerprint density at radius 1 is 1.00 bits per heavy atom. The van der Waals surface area contributed by atoms with Gasteiger partial charge in [0, 0.05) is 6.42 Å². The molecular formula is C34H33F2N5O5. The molecule has 0 fully saturated rings. The highest BCUT2D eigenvalue weighted by Crippen LogP contribution is 2.29. The number of hydrogen-bond acceptors (Lipinski definition) is 7. The largest absolute Gasteiger partial charge is 0.497 e. The van der Waals surface area contributed by atoms with E-state index in [2.05, 4.69) is 25.0 Å². The van der Waals surface area contributed by atoms with Gasteiger partial charge in [0.15, 0.2) is 16.9 Å². The molecule has 0 bridgehead atoms. The number of H-pyrrole nitrogens is 1. The molecule has 0 aliphatic rings. The van der Waals surface area contributed by atoms with Gasteiger partial charge in [-0.25, -0.2) is 9.97 Å². The van der Waals surface area contributed by atoms with Crippen molar-refractivity contribution in [3.8, 4) is 11.5 Å². The lowest BCUT2D eigenvalue weighted by atomic mass is 10.0. The number of aromatic nitrogens is 4. The van der Waals surface area contributed by atoms with Gasteiger partial charge in [0.2, 0.25) is 5.91 Å². The lowest BCUT2D eigenvalue weighted by Crippen LogP contribution is -2.19. The first kappa shape index (κ1) is 32.0. The van der Waals surface area contributed by atoms with Crippen molar-refractivity contribution in [2.45, 2.75) is 51.7 Å².